The molecule has 0 saturated carbocycles. The van der Waals surface area contributed by atoms with Crippen LogP contribution in [-0.4, -0.2) is 38.6 Å². The fraction of sp³-hybridized carbons (Fsp3) is 0.545. The number of aromatic nitrogens is 2. The lowest BCUT2D eigenvalue weighted by molar-refractivity contribution is -0.122. The zero-order valence-corrected chi connectivity index (χ0v) is 10.5. The summed E-state index contributed by atoms with van der Waals surface area (Å²) >= 11 is 0. The lowest BCUT2D eigenvalue weighted by Crippen LogP contribution is -2.39. The van der Waals surface area contributed by atoms with Crippen molar-refractivity contribution in [3.63, 3.8) is 0 Å². The Labute approximate surface area is 105 Å². The molecule has 0 fully saturated rings. The maximum absolute atomic E-state index is 11.5. The molecule has 0 spiro atoms. The number of nitrogens with one attached hydrogen (secondary N) is 1. The quantitative estimate of drug-likeness (QED) is 0.652. The molecule has 1 aromatic rings. The second-order valence-corrected chi connectivity index (χ2v) is 4.82. The lowest BCUT2D eigenvalue weighted by atomic mass is 10.0. The van der Waals surface area contributed by atoms with Gasteiger partial charge in [-0.15, -0.1) is 0 Å². The van der Waals surface area contributed by atoms with E-state index in [1.54, 1.807) is 18.4 Å². The standard InChI is InChI=1S/C11H18N4O3/c1-11(2,12)5-9(16)13-3-4-15-6-8(10(17)18)14-7-15/h6-7H,3-5,12H2,1-2H3,(H,13,16)(H,17,18). The number of rotatable bonds is 6. The molecule has 100 valence electrons. The van der Waals surface area contributed by atoms with Crippen LogP contribution in [0.1, 0.15) is 30.8 Å². The van der Waals surface area contributed by atoms with E-state index < -0.39 is 11.5 Å². The van der Waals surface area contributed by atoms with Crippen LogP contribution in [0.4, 0.5) is 0 Å². The number of amides is 1. The summed E-state index contributed by atoms with van der Waals surface area (Å²) in [7, 11) is 0. The Morgan fingerprint density at radius 2 is 2.22 bits per heavy atom. The summed E-state index contributed by atoms with van der Waals surface area (Å²) in [6.45, 7) is 4.44. The van der Waals surface area contributed by atoms with Crippen molar-refractivity contribution in [1.82, 2.24) is 14.9 Å². The molecule has 0 bridgehead atoms. The topological polar surface area (TPSA) is 110 Å². The van der Waals surface area contributed by atoms with Gasteiger partial charge in [-0.05, 0) is 13.8 Å². The van der Waals surface area contributed by atoms with E-state index in [0.717, 1.165) is 0 Å². The molecular formula is C11H18N4O3. The van der Waals surface area contributed by atoms with Gasteiger partial charge in [0.25, 0.3) is 0 Å². The highest BCUT2D eigenvalue weighted by Crippen LogP contribution is 2.02. The highest BCUT2D eigenvalue weighted by atomic mass is 16.4. The Kier molecular flexibility index (Phi) is 4.43. The molecule has 1 rings (SSSR count). The maximum Gasteiger partial charge on any atom is 0.356 e. The van der Waals surface area contributed by atoms with E-state index in [0.29, 0.717) is 13.1 Å². The first-order valence-corrected chi connectivity index (χ1v) is 5.58. The molecule has 1 heterocycles. The molecule has 0 radical (unpaired) electrons. The Morgan fingerprint density at radius 3 is 2.72 bits per heavy atom. The maximum atomic E-state index is 11.5. The molecule has 1 aromatic heterocycles. The summed E-state index contributed by atoms with van der Waals surface area (Å²) in [5, 5.41) is 11.4. The molecule has 0 saturated heterocycles. The molecule has 0 atom stereocenters. The number of carboxylic acids is 1. The van der Waals surface area contributed by atoms with Gasteiger partial charge in [-0.2, -0.15) is 0 Å². The first-order chi connectivity index (χ1) is 8.28. The zero-order valence-electron chi connectivity index (χ0n) is 10.5. The number of carbonyl (C=O) groups is 2. The number of aromatic carboxylic acids is 1. The lowest BCUT2D eigenvalue weighted by Gasteiger charge is -2.17. The first-order valence-electron chi connectivity index (χ1n) is 5.58. The van der Waals surface area contributed by atoms with Crippen LogP contribution in [0.15, 0.2) is 12.5 Å². The minimum Gasteiger partial charge on any atom is -0.476 e. The highest BCUT2D eigenvalue weighted by molar-refractivity contribution is 5.84. The van der Waals surface area contributed by atoms with E-state index in [1.807, 2.05) is 0 Å². The molecule has 0 aliphatic carbocycles. The Balaban J connectivity index is 2.33. The van der Waals surface area contributed by atoms with Gasteiger partial charge in [-0.25, -0.2) is 9.78 Å². The number of nitrogens with two attached hydrogens (primary N) is 1. The summed E-state index contributed by atoms with van der Waals surface area (Å²) in [6, 6.07) is 0. The summed E-state index contributed by atoms with van der Waals surface area (Å²) in [6.07, 6.45) is 3.08. The summed E-state index contributed by atoms with van der Waals surface area (Å²) in [5.74, 6) is -1.19. The second-order valence-electron chi connectivity index (χ2n) is 4.82. The van der Waals surface area contributed by atoms with Crippen LogP contribution < -0.4 is 11.1 Å². The minimum atomic E-state index is -1.07. The monoisotopic (exact) mass is 254 g/mol. The SMILES string of the molecule is CC(C)(N)CC(=O)NCCn1cnc(C(=O)O)c1. The van der Waals surface area contributed by atoms with E-state index in [1.165, 1.54) is 12.5 Å². The molecule has 18 heavy (non-hydrogen) atoms. The molecular weight excluding hydrogens is 236 g/mol. The van der Waals surface area contributed by atoms with Gasteiger partial charge < -0.3 is 20.7 Å². The molecule has 0 aromatic carbocycles. The van der Waals surface area contributed by atoms with Gasteiger partial charge >= 0.3 is 5.97 Å². The molecule has 0 unspecified atom stereocenters. The van der Waals surface area contributed by atoms with Gasteiger partial charge in [0.05, 0.1) is 6.33 Å². The average molecular weight is 254 g/mol. The third-order valence-corrected chi connectivity index (χ3v) is 2.16. The molecule has 1 amide bonds. The summed E-state index contributed by atoms with van der Waals surface area (Å²) in [5.41, 5.74) is 5.17. The van der Waals surface area contributed by atoms with Crippen LogP contribution in [0.5, 0.6) is 0 Å². The van der Waals surface area contributed by atoms with Crippen LogP contribution in [0.2, 0.25) is 0 Å². The number of hydrogen-bond acceptors (Lipinski definition) is 4. The van der Waals surface area contributed by atoms with E-state index in [-0.39, 0.29) is 18.0 Å². The van der Waals surface area contributed by atoms with E-state index in [2.05, 4.69) is 10.3 Å². The number of carbonyl (C=O) groups excluding carboxylic acids is 1. The highest BCUT2D eigenvalue weighted by Gasteiger charge is 2.15. The van der Waals surface area contributed by atoms with Gasteiger partial charge in [0.15, 0.2) is 5.69 Å². The van der Waals surface area contributed by atoms with Crippen LogP contribution in [-0.2, 0) is 11.3 Å². The number of nitrogens with zero attached hydrogens (tertiary/aromatic N) is 2. The fourth-order valence-corrected chi connectivity index (χ4v) is 1.39. The Bertz CT molecular complexity index is 434. The molecule has 0 aliphatic heterocycles. The molecule has 0 aliphatic rings. The normalized spacial score (nSPS) is 11.3. The third-order valence-electron chi connectivity index (χ3n) is 2.16. The van der Waals surface area contributed by atoms with Gasteiger partial charge in [0, 0.05) is 31.2 Å². The summed E-state index contributed by atoms with van der Waals surface area (Å²) in [4.78, 5) is 25.7. The van der Waals surface area contributed by atoms with Crippen molar-refractivity contribution in [3.05, 3.63) is 18.2 Å². The number of imidazole rings is 1. The van der Waals surface area contributed by atoms with Gasteiger partial charge in [0.2, 0.25) is 5.91 Å². The van der Waals surface area contributed by atoms with Gasteiger partial charge in [-0.3, -0.25) is 4.79 Å². The van der Waals surface area contributed by atoms with Gasteiger partial charge in [-0.1, -0.05) is 0 Å². The number of carboxylic acid groups (broad SMARTS) is 1. The minimum absolute atomic E-state index is 0.00980. The first kappa shape index (κ1) is 14.2. The predicted molar refractivity (Wildman–Crippen MR) is 65.1 cm³/mol. The van der Waals surface area contributed by atoms with E-state index in [4.69, 9.17) is 10.8 Å². The largest absolute Gasteiger partial charge is 0.476 e. The fourth-order valence-electron chi connectivity index (χ4n) is 1.39. The molecule has 4 N–H and O–H groups in total. The zero-order chi connectivity index (χ0) is 13.8. The van der Waals surface area contributed by atoms with Crippen molar-refractivity contribution < 1.29 is 14.7 Å². The van der Waals surface area contributed by atoms with Crippen molar-refractivity contribution in [2.24, 2.45) is 5.73 Å². The van der Waals surface area contributed by atoms with Crippen molar-refractivity contribution in [1.29, 1.82) is 0 Å². The van der Waals surface area contributed by atoms with Crippen LogP contribution >= 0.6 is 0 Å². The molecule has 7 heteroatoms. The number of hydrogen-bond donors (Lipinski definition) is 3. The van der Waals surface area contributed by atoms with E-state index >= 15 is 0 Å². The predicted octanol–water partition coefficient (Wildman–Crippen LogP) is -0.175. The average Bonchev–Trinajstić information content (AvgIpc) is 2.63. The Morgan fingerprint density at radius 1 is 1.56 bits per heavy atom. The van der Waals surface area contributed by atoms with Crippen molar-refractivity contribution in [3.8, 4) is 0 Å². The molecule has 7 nitrogen and oxygen atoms in total. The summed E-state index contributed by atoms with van der Waals surface area (Å²) < 4.78 is 1.61. The van der Waals surface area contributed by atoms with Crippen LogP contribution in [0.3, 0.4) is 0 Å². The van der Waals surface area contributed by atoms with Crippen molar-refractivity contribution >= 4 is 11.9 Å². The van der Waals surface area contributed by atoms with Crippen LogP contribution in [0, 0.1) is 0 Å². The van der Waals surface area contributed by atoms with Crippen molar-refractivity contribution in [2.45, 2.75) is 32.4 Å². The van der Waals surface area contributed by atoms with E-state index in [9.17, 15) is 9.59 Å². The smallest absolute Gasteiger partial charge is 0.356 e. The van der Waals surface area contributed by atoms with Gasteiger partial charge in [0.1, 0.15) is 0 Å². The third kappa shape index (κ3) is 4.96. The van der Waals surface area contributed by atoms with Crippen molar-refractivity contribution in [2.75, 3.05) is 6.54 Å². The second kappa shape index (κ2) is 5.63. The van der Waals surface area contributed by atoms with Crippen LogP contribution in [0.25, 0.3) is 0 Å². The Hall–Kier alpha value is -1.89.